The normalized spacial score (nSPS) is 18.7. The monoisotopic (exact) mass is 353 g/mol. The molecule has 4 nitrogen and oxygen atoms in total. The van der Waals surface area contributed by atoms with Gasteiger partial charge in [0.15, 0.2) is 0 Å². The number of hydrogen-bond acceptors (Lipinski definition) is 3. The number of fused-ring (bicyclic) bond motifs is 1. The molecule has 2 aromatic rings. The molecule has 136 valence electrons. The molecule has 0 aromatic heterocycles. The van der Waals surface area contributed by atoms with Crippen LogP contribution < -0.4 is 10.3 Å². The molecule has 1 heterocycles. The zero-order chi connectivity index (χ0) is 18.9. The Bertz CT molecular complexity index is 843. The highest BCUT2D eigenvalue weighted by atomic mass is 19.1. The number of amides is 1. The first-order valence-corrected chi connectivity index (χ1v) is 8.75. The third-order valence-electron chi connectivity index (χ3n) is 5.14. The maximum Gasteiger partial charge on any atom is 0.271 e. The number of benzene rings is 2. The van der Waals surface area contributed by atoms with Crippen molar-refractivity contribution in [3.8, 4) is 0 Å². The average molecular weight is 353 g/mol. The van der Waals surface area contributed by atoms with Crippen molar-refractivity contribution in [3.63, 3.8) is 0 Å². The number of hydrogen-bond donors (Lipinski definition) is 1. The predicted molar refractivity (Wildman–Crippen MR) is 103 cm³/mol. The quantitative estimate of drug-likeness (QED) is 0.660. The summed E-state index contributed by atoms with van der Waals surface area (Å²) in [5.41, 5.74) is 6.44. The van der Waals surface area contributed by atoms with Crippen molar-refractivity contribution in [2.75, 3.05) is 11.9 Å². The Kier molecular flexibility index (Phi) is 4.81. The molecule has 1 aliphatic rings. The highest BCUT2D eigenvalue weighted by Gasteiger charge is 2.33. The van der Waals surface area contributed by atoms with Crippen molar-refractivity contribution < 1.29 is 9.18 Å². The van der Waals surface area contributed by atoms with Crippen molar-refractivity contribution in [1.82, 2.24) is 5.43 Å². The second-order valence-electron chi connectivity index (χ2n) is 7.50. The number of halogens is 1. The Hall–Kier alpha value is -2.69. The van der Waals surface area contributed by atoms with Crippen LogP contribution in [0.4, 0.5) is 10.1 Å². The lowest BCUT2D eigenvalue weighted by atomic mass is 9.80. The summed E-state index contributed by atoms with van der Waals surface area (Å²) in [4.78, 5) is 14.3. The van der Waals surface area contributed by atoms with E-state index >= 15 is 0 Å². The van der Waals surface area contributed by atoms with Gasteiger partial charge in [0.25, 0.3) is 5.91 Å². The van der Waals surface area contributed by atoms with E-state index in [2.05, 4.69) is 55.4 Å². The molecule has 0 bridgehead atoms. The SMILES string of the molecule is C[C@@H]1CC(C)(C)N(C)c2ccc(/C=N\NC(=O)c3ccc(F)cc3)cc21. The lowest BCUT2D eigenvalue weighted by molar-refractivity contribution is 0.0955. The van der Waals surface area contributed by atoms with Gasteiger partial charge in [-0.2, -0.15) is 5.10 Å². The van der Waals surface area contributed by atoms with Gasteiger partial charge in [0.1, 0.15) is 5.82 Å². The van der Waals surface area contributed by atoms with Crippen molar-refractivity contribution in [2.45, 2.75) is 38.6 Å². The molecule has 3 rings (SSSR count). The van der Waals surface area contributed by atoms with E-state index in [1.165, 1.54) is 35.5 Å². The molecule has 0 spiro atoms. The number of hydrazone groups is 1. The van der Waals surface area contributed by atoms with E-state index < -0.39 is 0 Å². The molecule has 1 N–H and O–H groups in total. The van der Waals surface area contributed by atoms with E-state index in [4.69, 9.17) is 0 Å². The maximum absolute atomic E-state index is 12.9. The molecule has 0 radical (unpaired) electrons. The molecule has 0 saturated carbocycles. The minimum absolute atomic E-state index is 0.130. The van der Waals surface area contributed by atoms with Crippen LogP contribution in [0.15, 0.2) is 47.6 Å². The molecule has 0 aliphatic carbocycles. The lowest BCUT2D eigenvalue weighted by Crippen LogP contribution is -2.45. The fourth-order valence-corrected chi connectivity index (χ4v) is 3.51. The van der Waals surface area contributed by atoms with Crippen LogP contribution in [0, 0.1) is 5.82 Å². The number of rotatable bonds is 3. The summed E-state index contributed by atoms with van der Waals surface area (Å²) in [5.74, 6) is -0.284. The molecular weight excluding hydrogens is 329 g/mol. The van der Waals surface area contributed by atoms with Gasteiger partial charge in [-0.3, -0.25) is 4.79 Å². The Morgan fingerprint density at radius 3 is 2.65 bits per heavy atom. The van der Waals surface area contributed by atoms with E-state index in [9.17, 15) is 9.18 Å². The predicted octanol–water partition coefficient (Wildman–Crippen LogP) is 4.31. The zero-order valence-corrected chi connectivity index (χ0v) is 15.6. The molecule has 1 amide bonds. The summed E-state index contributed by atoms with van der Waals surface area (Å²) in [6.07, 6.45) is 2.71. The van der Waals surface area contributed by atoms with Crippen LogP contribution in [0.2, 0.25) is 0 Å². The van der Waals surface area contributed by atoms with Crippen LogP contribution in [0.1, 0.15) is 54.6 Å². The first-order chi connectivity index (χ1) is 12.3. The highest BCUT2D eigenvalue weighted by molar-refractivity contribution is 5.94. The maximum atomic E-state index is 12.9. The molecule has 0 fully saturated rings. The minimum atomic E-state index is -0.374. The lowest BCUT2D eigenvalue weighted by Gasteiger charge is -2.45. The second kappa shape index (κ2) is 6.90. The molecule has 26 heavy (non-hydrogen) atoms. The summed E-state index contributed by atoms with van der Waals surface area (Å²) in [5, 5.41) is 4.03. The second-order valence-corrected chi connectivity index (χ2v) is 7.50. The van der Waals surface area contributed by atoms with E-state index in [0.717, 1.165) is 12.0 Å². The fourth-order valence-electron chi connectivity index (χ4n) is 3.51. The topological polar surface area (TPSA) is 44.7 Å². The molecule has 0 unspecified atom stereocenters. The summed E-state index contributed by atoms with van der Waals surface area (Å²) in [6.45, 7) is 6.75. The van der Waals surface area contributed by atoms with Gasteiger partial charge in [-0.1, -0.05) is 13.0 Å². The molecule has 0 saturated heterocycles. The van der Waals surface area contributed by atoms with Crippen LogP contribution in [0.25, 0.3) is 0 Å². The first kappa shape index (κ1) is 18.1. The van der Waals surface area contributed by atoms with Gasteiger partial charge in [-0.25, -0.2) is 9.82 Å². The molecule has 5 heteroatoms. The third-order valence-corrected chi connectivity index (χ3v) is 5.14. The smallest absolute Gasteiger partial charge is 0.271 e. The van der Waals surface area contributed by atoms with Crippen molar-refractivity contribution in [2.24, 2.45) is 5.10 Å². The minimum Gasteiger partial charge on any atom is -0.369 e. The largest absolute Gasteiger partial charge is 0.369 e. The highest BCUT2D eigenvalue weighted by Crippen LogP contribution is 2.42. The standard InChI is InChI=1S/C21H24FN3O/c1-14-12-21(2,3)25(4)19-10-5-15(11-18(14)19)13-23-24-20(26)16-6-8-17(22)9-7-16/h5-11,13-14H,12H2,1-4H3,(H,24,26)/b23-13-/t14-/m1/s1. The van der Waals surface area contributed by atoms with Gasteiger partial charge in [-0.15, -0.1) is 0 Å². The molecule has 2 aromatic carbocycles. The third kappa shape index (κ3) is 3.62. The van der Waals surface area contributed by atoms with E-state index in [1.807, 2.05) is 6.07 Å². The number of carbonyl (C=O) groups is 1. The Morgan fingerprint density at radius 2 is 1.96 bits per heavy atom. The Balaban J connectivity index is 1.73. The van der Waals surface area contributed by atoms with Crippen LogP contribution in [-0.2, 0) is 0 Å². The summed E-state index contributed by atoms with van der Waals surface area (Å²) >= 11 is 0. The van der Waals surface area contributed by atoms with Crippen molar-refractivity contribution in [3.05, 3.63) is 65.0 Å². The number of carbonyl (C=O) groups excluding carboxylic acids is 1. The van der Waals surface area contributed by atoms with Gasteiger partial charge in [0, 0.05) is 23.8 Å². The summed E-state index contributed by atoms with van der Waals surface area (Å²) < 4.78 is 12.9. The van der Waals surface area contributed by atoms with Crippen molar-refractivity contribution in [1.29, 1.82) is 0 Å². The van der Waals surface area contributed by atoms with Gasteiger partial charge in [0.2, 0.25) is 0 Å². The summed E-state index contributed by atoms with van der Waals surface area (Å²) in [6, 6.07) is 11.6. The van der Waals surface area contributed by atoms with Gasteiger partial charge in [0.05, 0.1) is 6.21 Å². The van der Waals surface area contributed by atoms with E-state index in [1.54, 1.807) is 6.21 Å². The Morgan fingerprint density at radius 1 is 1.27 bits per heavy atom. The molecule has 1 aliphatic heterocycles. The number of anilines is 1. The van der Waals surface area contributed by atoms with Gasteiger partial charge >= 0.3 is 0 Å². The van der Waals surface area contributed by atoms with Crippen LogP contribution in [0.5, 0.6) is 0 Å². The molecule has 1 atom stereocenters. The van der Waals surface area contributed by atoms with Crippen LogP contribution >= 0.6 is 0 Å². The van der Waals surface area contributed by atoms with E-state index in [0.29, 0.717) is 11.5 Å². The van der Waals surface area contributed by atoms with Crippen molar-refractivity contribution >= 4 is 17.8 Å². The average Bonchev–Trinajstić information content (AvgIpc) is 2.60. The van der Waals surface area contributed by atoms with Gasteiger partial charge in [-0.05, 0) is 73.7 Å². The van der Waals surface area contributed by atoms with Crippen LogP contribution in [0.3, 0.4) is 0 Å². The van der Waals surface area contributed by atoms with Crippen LogP contribution in [-0.4, -0.2) is 24.7 Å². The zero-order valence-electron chi connectivity index (χ0n) is 15.6. The number of nitrogens with one attached hydrogen (secondary N) is 1. The molecular formula is C21H24FN3O. The van der Waals surface area contributed by atoms with Gasteiger partial charge < -0.3 is 4.90 Å². The number of nitrogens with zero attached hydrogens (tertiary/aromatic N) is 2. The summed E-state index contributed by atoms with van der Waals surface area (Å²) in [7, 11) is 2.13. The first-order valence-electron chi connectivity index (χ1n) is 8.75. The fraction of sp³-hybridized carbons (Fsp3) is 0.333. The van der Waals surface area contributed by atoms with E-state index in [-0.39, 0.29) is 17.3 Å². The Labute approximate surface area is 153 Å².